The van der Waals surface area contributed by atoms with Gasteiger partial charge in [-0.2, -0.15) is 0 Å². The van der Waals surface area contributed by atoms with E-state index in [0.717, 1.165) is 29.0 Å². The molecule has 0 fully saturated rings. The second-order valence-electron chi connectivity index (χ2n) is 5.57. The second-order valence-corrected chi connectivity index (χ2v) is 5.57. The van der Waals surface area contributed by atoms with Gasteiger partial charge in [0.2, 0.25) is 0 Å². The predicted molar refractivity (Wildman–Crippen MR) is 81.9 cm³/mol. The highest BCUT2D eigenvalue weighted by Gasteiger charge is 2.21. The molecule has 0 radical (unpaired) electrons. The van der Waals surface area contributed by atoms with Gasteiger partial charge in [-0.25, -0.2) is 0 Å². The van der Waals surface area contributed by atoms with Gasteiger partial charge in [0, 0.05) is 12.0 Å². The molecule has 3 heteroatoms. The van der Waals surface area contributed by atoms with E-state index in [4.69, 9.17) is 9.47 Å². The summed E-state index contributed by atoms with van der Waals surface area (Å²) < 4.78 is 11.3. The van der Waals surface area contributed by atoms with Crippen LogP contribution in [0.1, 0.15) is 36.6 Å². The minimum Gasteiger partial charge on any atom is -0.493 e. The minimum atomic E-state index is -0.675. The van der Waals surface area contributed by atoms with Crippen LogP contribution in [0.4, 0.5) is 0 Å². The molecule has 0 spiro atoms. The van der Waals surface area contributed by atoms with E-state index in [1.165, 1.54) is 5.56 Å². The summed E-state index contributed by atoms with van der Waals surface area (Å²) >= 11 is 0. The Morgan fingerprint density at radius 3 is 2.57 bits per heavy atom. The third-order valence-corrected chi connectivity index (χ3v) is 3.61. The van der Waals surface area contributed by atoms with Crippen molar-refractivity contribution >= 4 is 0 Å². The highest BCUT2D eigenvalue weighted by Crippen LogP contribution is 2.36. The Labute approximate surface area is 125 Å². The number of para-hydroxylation sites is 1. The maximum absolute atomic E-state index is 10.6. The molecule has 110 valence electrons. The lowest BCUT2D eigenvalue weighted by molar-refractivity contribution is 0.213. The zero-order chi connectivity index (χ0) is 14.8. The third kappa shape index (κ3) is 2.88. The largest absolute Gasteiger partial charge is 0.493 e. The van der Waals surface area contributed by atoms with E-state index in [2.05, 4.69) is 6.07 Å². The molecular formula is C18H20O3. The molecule has 0 bridgehead atoms. The first-order valence-electron chi connectivity index (χ1n) is 7.34. The first-order chi connectivity index (χ1) is 10.1. The van der Waals surface area contributed by atoms with Crippen LogP contribution in [-0.4, -0.2) is 17.8 Å². The standard InChI is InChI=1S/C18H20O3/c1-12(2)21-15-8-6-13(7-9-15)17(19)16-5-3-4-14-10-11-20-18(14)16/h3-9,12,17,19H,10-11H2,1-2H3. The lowest BCUT2D eigenvalue weighted by Crippen LogP contribution is -2.06. The van der Waals surface area contributed by atoms with Gasteiger partial charge >= 0.3 is 0 Å². The molecule has 0 aliphatic carbocycles. The normalized spacial score (nSPS) is 14.7. The predicted octanol–water partition coefficient (Wildman–Crippen LogP) is 3.49. The number of aliphatic hydroxyl groups excluding tert-OH is 1. The summed E-state index contributed by atoms with van der Waals surface area (Å²) in [6, 6.07) is 13.5. The molecule has 3 rings (SSSR count). The SMILES string of the molecule is CC(C)Oc1ccc(C(O)c2cccc3c2OCC3)cc1. The van der Waals surface area contributed by atoms with Crippen molar-refractivity contribution in [2.24, 2.45) is 0 Å². The van der Waals surface area contributed by atoms with E-state index in [1.807, 2.05) is 50.2 Å². The summed E-state index contributed by atoms with van der Waals surface area (Å²) in [6.07, 6.45) is 0.384. The number of hydrogen-bond acceptors (Lipinski definition) is 3. The second kappa shape index (κ2) is 5.78. The van der Waals surface area contributed by atoms with Crippen molar-refractivity contribution in [2.45, 2.75) is 32.5 Å². The van der Waals surface area contributed by atoms with Crippen molar-refractivity contribution < 1.29 is 14.6 Å². The van der Waals surface area contributed by atoms with Crippen LogP contribution in [0.3, 0.4) is 0 Å². The quantitative estimate of drug-likeness (QED) is 0.934. The molecule has 21 heavy (non-hydrogen) atoms. The molecule has 1 heterocycles. The zero-order valence-corrected chi connectivity index (χ0v) is 12.4. The molecule has 0 saturated heterocycles. The number of hydrogen-bond donors (Lipinski definition) is 1. The zero-order valence-electron chi connectivity index (χ0n) is 12.4. The van der Waals surface area contributed by atoms with E-state index in [-0.39, 0.29) is 6.10 Å². The fraction of sp³-hybridized carbons (Fsp3) is 0.333. The Bertz CT molecular complexity index is 617. The summed E-state index contributed by atoms with van der Waals surface area (Å²) in [5.41, 5.74) is 2.85. The topological polar surface area (TPSA) is 38.7 Å². The van der Waals surface area contributed by atoms with Crippen LogP contribution < -0.4 is 9.47 Å². The van der Waals surface area contributed by atoms with Crippen molar-refractivity contribution in [2.75, 3.05) is 6.61 Å². The monoisotopic (exact) mass is 284 g/mol. The van der Waals surface area contributed by atoms with Crippen LogP contribution >= 0.6 is 0 Å². The summed E-state index contributed by atoms with van der Waals surface area (Å²) in [4.78, 5) is 0. The summed E-state index contributed by atoms with van der Waals surface area (Å²) in [5, 5.41) is 10.6. The highest BCUT2D eigenvalue weighted by molar-refractivity contribution is 5.48. The van der Waals surface area contributed by atoms with Gasteiger partial charge in [0.1, 0.15) is 17.6 Å². The van der Waals surface area contributed by atoms with Crippen molar-refractivity contribution in [3.05, 3.63) is 59.2 Å². The third-order valence-electron chi connectivity index (χ3n) is 3.61. The maximum Gasteiger partial charge on any atom is 0.128 e. The molecule has 1 N–H and O–H groups in total. The van der Waals surface area contributed by atoms with Gasteiger partial charge < -0.3 is 14.6 Å². The molecule has 2 aromatic carbocycles. The summed E-state index contributed by atoms with van der Waals surface area (Å²) in [6.45, 7) is 4.68. The van der Waals surface area contributed by atoms with Gasteiger partial charge in [-0.15, -0.1) is 0 Å². The summed E-state index contributed by atoms with van der Waals surface area (Å²) in [5.74, 6) is 1.66. The van der Waals surface area contributed by atoms with E-state index in [9.17, 15) is 5.11 Å². The van der Waals surface area contributed by atoms with Gasteiger partial charge in [0.15, 0.2) is 0 Å². The Balaban J connectivity index is 1.85. The van der Waals surface area contributed by atoms with Crippen LogP contribution in [0.5, 0.6) is 11.5 Å². The molecule has 0 aromatic heterocycles. The highest BCUT2D eigenvalue weighted by atomic mass is 16.5. The van der Waals surface area contributed by atoms with Crippen molar-refractivity contribution in [3.63, 3.8) is 0 Å². The molecular weight excluding hydrogens is 264 g/mol. The van der Waals surface area contributed by atoms with Gasteiger partial charge in [-0.3, -0.25) is 0 Å². The Morgan fingerprint density at radius 2 is 1.86 bits per heavy atom. The van der Waals surface area contributed by atoms with Gasteiger partial charge in [0.05, 0.1) is 12.7 Å². The number of ether oxygens (including phenoxy) is 2. The Kier molecular flexibility index (Phi) is 3.84. The van der Waals surface area contributed by atoms with E-state index >= 15 is 0 Å². The number of aliphatic hydroxyl groups is 1. The Morgan fingerprint density at radius 1 is 1.10 bits per heavy atom. The fourth-order valence-electron chi connectivity index (χ4n) is 2.64. The molecule has 0 amide bonds. The van der Waals surface area contributed by atoms with E-state index in [0.29, 0.717) is 6.61 Å². The van der Waals surface area contributed by atoms with Crippen molar-refractivity contribution in [3.8, 4) is 11.5 Å². The smallest absolute Gasteiger partial charge is 0.128 e. The average molecular weight is 284 g/mol. The number of benzene rings is 2. The minimum absolute atomic E-state index is 0.145. The van der Waals surface area contributed by atoms with Crippen LogP contribution in [-0.2, 0) is 6.42 Å². The van der Waals surface area contributed by atoms with Crippen LogP contribution in [0.25, 0.3) is 0 Å². The Hall–Kier alpha value is -2.00. The molecule has 0 saturated carbocycles. The molecule has 1 unspecified atom stereocenters. The lowest BCUT2D eigenvalue weighted by Gasteiger charge is -2.16. The molecule has 1 aliphatic rings. The average Bonchev–Trinajstić information content (AvgIpc) is 2.95. The molecule has 1 aliphatic heterocycles. The van der Waals surface area contributed by atoms with Crippen LogP contribution in [0, 0.1) is 0 Å². The first kappa shape index (κ1) is 14.0. The molecule has 3 nitrogen and oxygen atoms in total. The van der Waals surface area contributed by atoms with Gasteiger partial charge in [-0.1, -0.05) is 30.3 Å². The fourth-order valence-corrected chi connectivity index (χ4v) is 2.64. The van der Waals surface area contributed by atoms with E-state index < -0.39 is 6.10 Å². The number of fused-ring (bicyclic) bond motifs is 1. The molecule has 2 aromatic rings. The number of rotatable bonds is 4. The van der Waals surface area contributed by atoms with Gasteiger partial charge in [0.25, 0.3) is 0 Å². The van der Waals surface area contributed by atoms with Crippen LogP contribution in [0.2, 0.25) is 0 Å². The maximum atomic E-state index is 10.6. The van der Waals surface area contributed by atoms with E-state index in [1.54, 1.807) is 0 Å². The molecule has 1 atom stereocenters. The first-order valence-corrected chi connectivity index (χ1v) is 7.34. The van der Waals surface area contributed by atoms with Crippen molar-refractivity contribution in [1.82, 2.24) is 0 Å². The van der Waals surface area contributed by atoms with Crippen molar-refractivity contribution in [1.29, 1.82) is 0 Å². The summed E-state index contributed by atoms with van der Waals surface area (Å²) in [7, 11) is 0. The lowest BCUT2D eigenvalue weighted by atomic mass is 9.98. The van der Waals surface area contributed by atoms with Gasteiger partial charge in [-0.05, 0) is 37.1 Å². The van der Waals surface area contributed by atoms with Crippen LogP contribution in [0.15, 0.2) is 42.5 Å².